The molecule has 6 nitrogen and oxygen atoms in total. The second kappa shape index (κ2) is 11.0. The Labute approximate surface area is 195 Å². The highest BCUT2D eigenvalue weighted by Crippen LogP contribution is 2.41. The van der Waals surface area contributed by atoms with Crippen LogP contribution < -0.4 is 4.74 Å². The Morgan fingerprint density at radius 3 is 2.44 bits per heavy atom. The molecule has 0 N–H and O–H groups in total. The SMILES string of the molecule is CCOc1ccccc1C=CC(=O)N1CCC2(CC1)CCN(C(=O)C(C)CSC(C)=O)C2. The molecule has 1 atom stereocenters. The number of thioether (sulfide) groups is 1. The normalized spacial score (nSPS) is 18.8. The third-order valence-electron chi connectivity index (χ3n) is 6.47. The highest BCUT2D eigenvalue weighted by Gasteiger charge is 2.43. The van der Waals surface area contributed by atoms with E-state index in [1.165, 1.54) is 18.7 Å². The lowest BCUT2D eigenvalue weighted by molar-refractivity contribution is -0.134. The summed E-state index contributed by atoms with van der Waals surface area (Å²) in [5.74, 6) is 1.34. The van der Waals surface area contributed by atoms with E-state index in [0.29, 0.717) is 25.4 Å². The molecule has 2 amide bonds. The molecule has 0 bridgehead atoms. The van der Waals surface area contributed by atoms with Crippen LogP contribution in [0.25, 0.3) is 6.08 Å². The van der Waals surface area contributed by atoms with Crippen molar-refractivity contribution in [1.82, 2.24) is 9.80 Å². The van der Waals surface area contributed by atoms with E-state index in [0.717, 1.165) is 43.7 Å². The van der Waals surface area contributed by atoms with Crippen molar-refractivity contribution in [3.63, 3.8) is 0 Å². The van der Waals surface area contributed by atoms with E-state index in [4.69, 9.17) is 4.74 Å². The Balaban J connectivity index is 1.51. The molecule has 0 aromatic heterocycles. The number of benzene rings is 1. The maximum Gasteiger partial charge on any atom is 0.246 e. The summed E-state index contributed by atoms with van der Waals surface area (Å²) < 4.78 is 5.62. The predicted molar refractivity (Wildman–Crippen MR) is 128 cm³/mol. The Morgan fingerprint density at radius 1 is 1.12 bits per heavy atom. The van der Waals surface area contributed by atoms with Crippen LogP contribution >= 0.6 is 11.8 Å². The Bertz CT molecular complexity index is 861. The first-order valence-electron chi connectivity index (χ1n) is 11.4. The van der Waals surface area contributed by atoms with E-state index in [1.807, 2.05) is 54.0 Å². The van der Waals surface area contributed by atoms with Crippen LogP contribution in [0, 0.1) is 11.3 Å². The molecule has 0 aliphatic carbocycles. The third kappa shape index (κ3) is 6.15. The van der Waals surface area contributed by atoms with Crippen LogP contribution in [-0.4, -0.2) is 65.3 Å². The minimum atomic E-state index is -0.148. The monoisotopic (exact) mass is 458 g/mol. The standard InChI is InChI=1S/C25H34N2O4S/c1-4-31-22-8-6-5-7-21(22)9-10-23(29)26-14-11-25(12-15-26)13-16-27(18-25)24(30)19(2)17-32-20(3)28/h5-10,19H,4,11-18H2,1-3H3. The van der Waals surface area contributed by atoms with Crippen molar-refractivity contribution in [2.45, 2.75) is 40.0 Å². The molecule has 32 heavy (non-hydrogen) atoms. The number of piperidine rings is 1. The molecule has 1 unspecified atom stereocenters. The van der Waals surface area contributed by atoms with Gasteiger partial charge in [0.25, 0.3) is 0 Å². The van der Waals surface area contributed by atoms with Gasteiger partial charge < -0.3 is 14.5 Å². The summed E-state index contributed by atoms with van der Waals surface area (Å²) in [6.07, 6.45) is 6.29. The van der Waals surface area contributed by atoms with Gasteiger partial charge in [-0.2, -0.15) is 0 Å². The first kappa shape index (κ1) is 24.4. The minimum absolute atomic E-state index is 0.0203. The highest BCUT2D eigenvalue weighted by molar-refractivity contribution is 8.13. The lowest BCUT2D eigenvalue weighted by Crippen LogP contribution is -2.44. The molecule has 2 aliphatic heterocycles. The van der Waals surface area contributed by atoms with Gasteiger partial charge in [-0.05, 0) is 43.7 Å². The van der Waals surface area contributed by atoms with Gasteiger partial charge in [0.2, 0.25) is 11.8 Å². The fourth-order valence-electron chi connectivity index (χ4n) is 4.53. The van der Waals surface area contributed by atoms with Gasteiger partial charge in [0.15, 0.2) is 5.12 Å². The first-order chi connectivity index (χ1) is 15.3. The summed E-state index contributed by atoms with van der Waals surface area (Å²) in [4.78, 5) is 40.6. The van der Waals surface area contributed by atoms with Crippen molar-refractivity contribution >= 4 is 34.8 Å². The predicted octanol–water partition coefficient (Wildman–Crippen LogP) is 3.86. The number of rotatable bonds is 7. The van der Waals surface area contributed by atoms with Crippen molar-refractivity contribution in [3.8, 4) is 5.75 Å². The van der Waals surface area contributed by atoms with Gasteiger partial charge >= 0.3 is 0 Å². The summed E-state index contributed by atoms with van der Waals surface area (Å²) in [6.45, 7) is 8.94. The van der Waals surface area contributed by atoms with Crippen LogP contribution in [0.5, 0.6) is 5.75 Å². The van der Waals surface area contributed by atoms with Crippen LogP contribution in [0.4, 0.5) is 0 Å². The first-order valence-corrected chi connectivity index (χ1v) is 12.4. The molecule has 0 saturated carbocycles. The minimum Gasteiger partial charge on any atom is -0.493 e. The highest BCUT2D eigenvalue weighted by atomic mass is 32.2. The van der Waals surface area contributed by atoms with E-state index >= 15 is 0 Å². The molecular formula is C25H34N2O4S. The third-order valence-corrected chi connectivity index (χ3v) is 7.54. The molecule has 3 rings (SSSR count). The zero-order chi connectivity index (χ0) is 23.1. The largest absolute Gasteiger partial charge is 0.493 e. The molecule has 2 aliphatic rings. The molecule has 1 aromatic rings. The van der Waals surface area contributed by atoms with Crippen molar-refractivity contribution in [3.05, 3.63) is 35.9 Å². The van der Waals surface area contributed by atoms with Crippen molar-refractivity contribution in [2.24, 2.45) is 11.3 Å². The van der Waals surface area contributed by atoms with Gasteiger partial charge in [0, 0.05) is 56.4 Å². The summed E-state index contributed by atoms with van der Waals surface area (Å²) in [7, 11) is 0. The zero-order valence-electron chi connectivity index (χ0n) is 19.3. The summed E-state index contributed by atoms with van der Waals surface area (Å²) in [5, 5.41) is 0.0509. The smallest absolute Gasteiger partial charge is 0.246 e. The van der Waals surface area contributed by atoms with Crippen LogP contribution in [0.3, 0.4) is 0 Å². The Hall–Kier alpha value is -2.28. The van der Waals surface area contributed by atoms with Gasteiger partial charge in [-0.1, -0.05) is 36.9 Å². The molecule has 1 spiro atoms. The summed E-state index contributed by atoms with van der Waals surface area (Å²) in [5.41, 5.74) is 1.02. The number of carbonyl (C=O) groups excluding carboxylic acids is 3. The Morgan fingerprint density at radius 2 is 1.78 bits per heavy atom. The average Bonchev–Trinajstić information content (AvgIpc) is 3.20. The van der Waals surface area contributed by atoms with E-state index in [1.54, 1.807) is 6.08 Å². The van der Waals surface area contributed by atoms with E-state index < -0.39 is 0 Å². The number of hydrogen-bond acceptors (Lipinski definition) is 5. The fourth-order valence-corrected chi connectivity index (χ4v) is 5.16. The van der Waals surface area contributed by atoms with Gasteiger partial charge in [-0.3, -0.25) is 14.4 Å². The number of nitrogens with zero attached hydrogens (tertiary/aromatic N) is 2. The second-order valence-corrected chi connectivity index (χ2v) is 10.0. The van der Waals surface area contributed by atoms with Crippen molar-refractivity contribution in [2.75, 3.05) is 38.5 Å². The van der Waals surface area contributed by atoms with E-state index in [-0.39, 0.29) is 28.3 Å². The van der Waals surface area contributed by atoms with Gasteiger partial charge in [-0.25, -0.2) is 0 Å². The maximum absolute atomic E-state index is 12.8. The summed E-state index contributed by atoms with van der Waals surface area (Å²) >= 11 is 1.22. The van der Waals surface area contributed by atoms with E-state index in [2.05, 4.69) is 0 Å². The van der Waals surface area contributed by atoms with E-state index in [9.17, 15) is 14.4 Å². The number of ether oxygens (including phenoxy) is 1. The maximum atomic E-state index is 12.8. The number of para-hydroxylation sites is 1. The average molecular weight is 459 g/mol. The number of hydrogen-bond donors (Lipinski definition) is 0. The Kier molecular flexibility index (Phi) is 8.40. The molecule has 174 valence electrons. The van der Waals surface area contributed by atoms with Crippen molar-refractivity contribution < 1.29 is 19.1 Å². The number of carbonyl (C=O) groups is 3. The molecule has 1 aromatic carbocycles. The van der Waals surface area contributed by atoms with Crippen LogP contribution in [0.1, 0.15) is 45.6 Å². The number of likely N-dealkylation sites (tertiary alicyclic amines) is 2. The zero-order valence-corrected chi connectivity index (χ0v) is 20.2. The van der Waals surface area contributed by atoms with Gasteiger partial charge in [0.05, 0.1) is 6.61 Å². The topological polar surface area (TPSA) is 66.9 Å². The molecule has 2 fully saturated rings. The van der Waals surface area contributed by atoms with Gasteiger partial charge in [-0.15, -0.1) is 0 Å². The van der Waals surface area contributed by atoms with Crippen LogP contribution in [0.15, 0.2) is 30.3 Å². The lowest BCUT2D eigenvalue weighted by atomic mass is 9.77. The molecular weight excluding hydrogens is 424 g/mol. The lowest BCUT2D eigenvalue weighted by Gasteiger charge is -2.39. The van der Waals surface area contributed by atoms with Crippen LogP contribution in [-0.2, 0) is 14.4 Å². The molecule has 2 saturated heterocycles. The quantitative estimate of drug-likeness (QED) is 0.581. The van der Waals surface area contributed by atoms with Crippen LogP contribution in [0.2, 0.25) is 0 Å². The second-order valence-electron chi connectivity index (χ2n) is 8.84. The van der Waals surface area contributed by atoms with Gasteiger partial charge in [0.1, 0.15) is 5.75 Å². The molecule has 2 heterocycles. The fraction of sp³-hybridized carbons (Fsp3) is 0.560. The molecule has 0 radical (unpaired) electrons. The number of amides is 2. The summed E-state index contributed by atoms with van der Waals surface area (Å²) in [6, 6.07) is 7.71. The molecule has 7 heteroatoms. The van der Waals surface area contributed by atoms with Crippen molar-refractivity contribution in [1.29, 1.82) is 0 Å².